The Bertz CT molecular complexity index is 3530. The van der Waals surface area contributed by atoms with Crippen LogP contribution in [0.5, 0.6) is 0 Å². The fraction of sp³-hybridized carbons (Fsp3) is 0. The van der Waals surface area contributed by atoms with Gasteiger partial charge in [-0.25, -0.2) is 19.9 Å². The van der Waals surface area contributed by atoms with Crippen LogP contribution >= 0.6 is 0 Å². The molecule has 0 saturated carbocycles. The van der Waals surface area contributed by atoms with E-state index in [9.17, 15) is 0 Å². The van der Waals surface area contributed by atoms with E-state index in [0.29, 0.717) is 28.6 Å². The summed E-state index contributed by atoms with van der Waals surface area (Å²) in [4.78, 5) is 20.4. The van der Waals surface area contributed by atoms with Gasteiger partial charge in [0.1, 0.15) is 5.65 Å². The highest BCUT2D eigenvalue weighted by Crippen LogP contribution is 2.38. The van der Waals surface area contributed by atoms with Gasteiger partial charge >= 0.3 is 0 Å². The lowest BCUT2D eigenvalue weighted by molar-refractivity contribution is 1.07. The lowest BCUT2D eigenvalue weighted by Gasteiger charge is -2.14. The molecule has 0 bridgehead atoms. The summed E-state index contributed by atoms with van der Waals surface area (Å²) in [5.41, 5.74) is 12.9. The highest BCUT2D eigenvalue weighted by molar-refractivity contribution is 5.86. The van der Waals surface area contributed by atoms with Crippen molar-refractivity contribution in [3.63, 3.8) is 0 Å². The minimum atomic E-state index is -0.460. The number of pyridine rings is 1. The zero-order valence-corrected chi connectivity index (χ0v) is 33.9. The predicted octanol–water partition coefficient (Wildman–Crippen LogP) is 14.5. The molecule has 5 heteroatoms. The average Bonchev–Trinajstić information content (AvgIpc) is 3.80. The third-order valence-electron chi connectivity index (χ3n) is 11.2. The van der Waals surface area contributed by atoms with Crippen LogP contribution in [0.15, 0.2) is 237 Å². The number of hydrogen-bond donors (Lipinski definition) is 0. The molecule has 0 aliphatic heterocycles. The molecule has 0 fully saturated rings. The molecule has 0 aliphatic carbocycles. The highest BCUT2D eigenvalue weighted by atomic mass is 15.0. The fourth-order valence-electron chi connectivity index (χ4n) is 8.02. The van der Waals surface area contributed by atoms with E-state index in [0.717, 1.165) is 72.7 Å². The van der Waals surface area contributed by atoms with Crippen LogP contribution in [-0.4, -0.2) is 24.3 Å². The van der Waals surface area contributed by atoms with E-state index in [-0.39, 0.29) is 17.6 Å². The number of benzene rings is 8. The monoisotopic (exact) mass is 810 g/mol. The Labute approximate surface area is 373 Å². The normalized spacial score (nSPS) is 12.3. The van der Waals surface area contributed by atoms with Gasteiger partial charge in [0.25, 0.3) is 0 Å². The smallest absolute Gasteiger partial charge is 0.164 e. The van der Waals surface area contributed by atoms with Crippen LogP contribution in [0, 0.1) is 0 Å². The highest BCUT2D eigenvalue weighted by Gasteiger charge is 2.19. The van der Waals surface area contributed by atoms with E-state index in [1.807, 2.05) is 128 Å². The average molecular weight is 811 g/mol. The molecule has 5 nitrogen and oxygen atoms in total. The van der Waals surface area contributed by atoms with Gasteiger partial charge in [0.05, 0.1) is 18.2 Å². The van der Waals surface area contributed by atoms with Crippen LogP contribution in [-0.2, 0) is 0 Å². The van der Waals surface area contributed by atoms with Crippen LogP contribution in [0.2, 0.25) is 0 Å². The standard InChI is InChI=1S/C58H39N5/c1-5-16-40(17-6-1)43-27-31-46(32-28-43)56-60-57(47-33-29-44(30-34-47)41-18-7-2-8-19-41)62-58(61-56)52-38-50(42-20-9-3-10-21-42)37-51(39-52)48-24-15-25-49(36-48)55-54(45-22-11-4-12-23-45)59-53-26-13-14-35-63(53)55/h1-39H/i3D,9D,10D,20D,21D. The summed E-state index contributed by atoms with van der Waals surface area (Å²) >= 11 is 0. The maximum Gasteiger partial charge on any atom is 0.164 e. The van der Waals surface area contributed by atoms with Crippen molar-refractivity contribution in [3.8, 4) is 101 Å². The van der Waals surface area contributed by atoms with Crippen LogP contribution < -0.4 is 0 Å². The van der Waals surface area contributed by atoms with Gasteiger partial charge in [0, 0.05) is 34.0 Å². The van der Waals surface area contributed by atoms with Crippen molar-refractivity contribution in [1.29, 1.82) is 0 Å². The Hall–Kier alpha value is -8.54. The Morgan fingerprint density at radius 1 is 0.302 bits per heavy atom. The molecule has 63 heavy (non-hydrogen) atoms. The van der Waals surface area contributed by atoms with Crippen LogP contribution in [0.4, 0.5) is 0 Å². The van der Waals surface area contributed by atoms with Crippen LogP contribution in [0.25, 0.3) is 107 Å². The lowest BCUT2D eigenvalue weighted by Crippen LogP contribution is -2.01. The van der Waals surface area contributed by atoms with Gasteiger partial charge in [-0.05, 0) is 80.9 Å². The number of nitrogens with zero attached hydrogens (tertiary/aromatic N) is 5. The van der Waals surface area contributed by atoms with Gasteiger partial charge in [0.15, 0.2) is 17.5 Å². The molecule has 296 valence electrons. The molecule has 11 aromatic rings. The summed E-state index contributed by atoms with van der Waals surface area (Å²) in [7, 11) is 0. The van der Waals surface area contributed by atoms with Crippen molar-refractivity contribution >= 4 is 5.65 Å². The molecule has 0 N–H and O–H groups in total. The van der Waals surface area contributed by atoms with Crippen LogP contribution in [0.3, 0.4) is 0 Å². The third-order valence-corrected chi connectivity index (χ3v) is 11.2. The second kappa shape index (κ2) is 16.5. The van der Waals surface area contributed by atoms with Crippen molar-refractivity contribution in [1.82, 2.24) is 24.3 Å². The first kappa shape index (κ1) is 32.3. The number of fused-ring (bicyclic) bond motifs is 1. The second-order valence-corrected chi connectivity index (χ2v) is 15.2. The molecule has 0 radical (unpaired) electrons. The van der Waals surface area contributed by atoms with E-state index >= 15 is 0 Å². The van der Waals surface area contributed by atoms with Gasteiger partial charge < -0.3 is 0 Å². The van der Waals surface area contributed by atoms with Gasteiger partial charge in [-0.2, -0.15) is 0 Å². The lowest BCUT2D eigenvalue weighted by atomic mass is 9.94. The van der Waals surface area contributed by atoms with Crippen LogP contribution in [0.1, 0.15) is 6.85 Å². The topological polar surface area (TPSA) is 56.0 Å². The molecule has 3 heterocycles. The zero-order chi connectivity index (χ0) is 46.3. The molecule has 0 unspecified atom stereocenters. The van der Waals surface area contributed by atoms with Crippen molar-refractivity contribution in [2.24, 2.45) is 0 Å². The van der Waals surface area contributed by atoms with E-state index in [4.69, 9.17) is 26.8 Å². The number of rotatable bonds is 9. The Balaban J connectivity index is 1.11. The first-order chi connectivity index (χ1) is 33.3. The minimum Gasteiger partial charge on any atom is -0.299 e. The van der Waals surface area contributed by atoms with Crippen molar-refractivity contribution in [2.75, 3.05) is 0 Å². The first-order valence-corrected chi connectivity index (χ1v) is 20.7. The number of aromatic nitrogens is 5. The predicted molar refractivity (Wildman–Crippen MR) is 258 cm³/mol. The van der Waals surface area contributed by atoms with Gasteiger partial charge in [-0.1, -0.05) is 194 Å². The molecule has 0 amide bonds. The van der Waals surface area contributed by atoms with E-state index < -0.39 is 18.1 Å². The van der Waals surface area contributed by atoms with Gasteiger partial charge in [-0.15, -0.1) is 0 Å². The number of hydrogen-bond acceptors (Lipinski definition) is 4. The molecule has 0 spiro atoms. The Morgan fingerprint density at radius 2 is 0.730 bits per heavy atom. The largest absolute Gasteiger partial charge is 0.299 e. The van der Waals surface area contributed by atoms with E-state index in [1.54, 1.807) is 6.07 Å². The fourth-order valence-corrected chi connectivity index (χ4v) is 8.02. The summed E-state index contributed by atoms with van der Waals surface area (Å²) in [6.45, 7) is 0. The Kier molecular flexibility index (Phi) is 8.44. The Morgan fingerprint density at radius 3 is 1.32 bits per heavy atom. The molecular formula is C58H39N5. The summed E-state index contributed by atoms with van der Waals surface area (Å²) in [5.74, 6) is 1.26. The maximum atomic E-state index is 9.06. The van der Waals surface area contributed by atoms with E-state index in [1.165, 1.54) is 0 Å². The summed E-state index contributed by atoms with van der Waals surface area (Å²) in [5, 5.41) is 0. The molecule has 11 rings (SSSR count). The quantitative estimate of drug-likeness (QED) is 0.146. The SMILES string of the molecule is [2H]c1c([2H])c([2H])c(-c2cc(-c3cccc(-c4c(-c5ccccc5)nc5ccccn45)c3)cc(-c3nc(-c4ccc(-c5ccccc5)cc4)nc(-c4ccc(-c5ccccc5)cc4)n3)c2)c([2H])c1[2H]. The van der Waals surface area contributed by atoms with Gasteiger partial charge in [-0.3, -0.25) is 4.40 Å². The maximum absolute atomic E-state index is 9.06. The third kappa shape index (κ3) is 7.60. The molecule has 0 saturated heterocycles. The van der Waals surface area contributed by atoms with Crippen molar-refractivity contribution < 1.29 is 6.85 Å². The summed E-state index contributed by atoms with van der Waals surface area (Å²) in [6.07, 6.45) is 2.01. The first-order valence-electron chi connectivity index (χ1n) is 23.2. The number of imidazole rings is 1. The zero-order valence-electron chi connectivity index (χ0n) is 38.9. The molecule has 0 atom stereocenters. The van der Waals surface area contributed by atoms with Crippen molar-refractivity contribution in [2.45, 2.75) is 0 Å². The molecule has 8 aromatic carbocycles. The summed E-state index contributed by atoms with van der Waals surface area (Å²) in [6, 6.07) is 64.6. The molecule has 0 aliphatic rings. The minimum absolute atomic E-state index is 0.0749. The molecular weight excluding hydrogens is 767 g/mol. The van der Waals surface area contributed by atoms with E-state index in [2.05, 4.69) is 77.2 Å². The second-order valence-electron chi connectivity index (χ2n) is 15.2. The molecule has 3 aromatic heterocycles. The summed E-state index contributed by atoms with van der Waals surface area (Å²) < 4.78 is 45.8. The van der Waals surface area contributed by atoms with Crippen molar-refractivity contribution in [3.05, 3.63) is 237 Å². The van der Waals surface area contributed by atoms with Gasteiger partial charge in [0.2, 0.25) is 0 Å².